The van der Waals surface area contributed by atoms with Gasteiger partial charge in [-0.1, -0.05) is 48.5 Å². The molecular weight excluding hydrogens is 373 g/mol. The molecule has 1 heterocycles. The SMILES string of the molecule is O=[N+]([O-])c1ccccc1CN(Cn1ccc(-c2ccccc2)n1)CC(F)(F)F. The molecule has 3 rings (SSSR count). The van der Waals surface area contributed by atoms with Crippen LogP contribution in [0.4, 0.5) is 18.9 Å². The average Bonchev–Trinajstić information content (AvgIpc) is 3.10. The molecule has 1 aromatic heterocycles. The maximum absolute atomic E-state index is 13.0. The summed E-state index contributed by atoms with van der Waals surface area (Å²) in [5.74, 6) is 0. The van der Waals surface area contributed by atoms with Crippen molar-refractivity contribution in [1.29, 1.82) is 0 Å². The van der Waals surface area contributed by atoms with E-state index in [-0.39, 0.29) is 24.5 Å². The van der Waals surface area contributed by atoms with Crippen molar-refractivity contribution in [2.24, 2.45) is 0 Å². The first-order valence-electron chi connectivity index (χ1n) is 8.42. The van der Waals surface area contributed by atoms with Gasteiger partial charge in [0.2, 0.25) is 0 Å². The van der Waals surface area contributed by atoms with Gasteiger partial charge in [0.05, 0.1) is 23.8 Å². The summed E-state index contributed by atoms with van der Waals surface area (Å²) in [5, 5.41) is 15.5. The number of para-hydroxylation sites is 1. The van der Waals surface area contributed by atoms with Gasteiger partial charge < -0.3 is 0 Å². The van der Waals surface area contributed by atoms with Crippen LogP contribution in [0.2, 0.25) is 0 Å². The van der Waals surface area contributed by atoms with E-state index in [1.54, 1.807) is 18.3 Å². The van der Waals surface area contributed by atoms with Gasteiger partial charge in [-0.15, -0.1) is 0 Å². The lowest BCUT2D eigenvalue weighted by Gasteiger charge is -2.23. The van der Waals surface area contributed by atoms with Crippen LogP contribution >= 0.6 is 0 Å². The number of nitro groups is 1. The molecule has 3 aromatic rings. The van der Waals surface area contributed by atoms with E-state index in [4.69, 9.17) is 0 Å². The molecule has 0 saturated carbocycles. The summed E-state index contributed by atoms with van der Waals surface area (Å²) >= 11 is 0. The zero-order chi connectivity index (χ0) is 20.1. The number of nitro benzene ring substituents is 1. The minimum absolute atomic E-state index is 0.154. The second kappa shape index (κ2) is 8.22. The third kappa shape index (κ3) is 5.17. The first kappa shape index (κ1) is 19.6. The lowest BCUT2D eigenvalue weighted by Crippen LogP contribution is -2.35. The van der Waals surface area contributed by atoms with Crippen molar-refractivity contribution in [3.05, 3.63) is 82.5 Å². The van der Waals surface area contributed by atoms with Gasteiger partial charge in [-0.2, -0.15) is 18.3 Å². The van der Waals surface area contributed by atoms with E-state index in [9.17, 15) is 23.3 Å². The van der Waals surface area contributed by atoms with Crippen molar-refractivity contribution < 1.29 is 18.1 Å². The van der Waals surface area contributed by atoms with Gasteiger partial charge in [0.1, 0.15) is 0 Å². The van der Waals surface area contributed by atoms with E-state index >= 15 is 0 Å². The van der Waals surface area contributed by atoms with Gasteiger partial charge in [0.25, 0.3) is 5.69 Å². The predicted octanol–water partition coefficient (Wildman–Crippen LogP) is 4.48. The number of rotatable bonds is 7. The van der Waals surface area contributed by atoms with Gasteiger partial charge in [0, 0.05) is 29.9 Å². The van der Waals surface area contributed by atoms with Crippen LogP contribution in [0.3, 0.4) is 0 Å². The van der Waals surface area contributed by atoms with Crippen LogP contribution in [0.25, 0.3) is 11.3 Å². The molecule has 9 heteroatoms. The van der Waals surface area contributed by atoms with Crippen molar-refractivity contribution in [2.45, 2.75) is 19.4 Å². The molecule has 0 radical (unpaired) electrons. The van der Waals surface area contributed by atoms with Crippen LogP contribution in [0.1, 0.15) is 5.56 Å². The molecule has 0 bridgehead atoms. The molecule has 0 aliphatic rings. The van der Waals surface area contributed by atoms with E-state index in [0.717, 1.165) is 10.5 Å². The van der Waals surface area contributed by atoms with Crippen molar-refractivity contribution in [1.82, 2.24) is 14.7 Å². The molecule has 0 aliphatic heterocycles. The predicted molar refractivity (Wildman–Crippen MR) is 97.2 cm³/mol. The average molecular weight is 390 g/mol. The summed E-state index contributed by atoms with van der Waals surface area (Å²) in [4.78, 5) is 11.6. The summed E-state index contributed by atoms with van der Waals surface area (Å²) < 4.78 is 40.5. The van der Waals surface area contributed by atoms with Gasteiger partial charge in [0.15, 0.2) is 0 Å². The zero-order valence-corrected chi connectivity index (χ0v) is 14.7. The molecule has 0 N–H and O–H groups in total. The highest BCUT2D eigenvalue weighted by atomic mass is 19.4. The Morgan fingerprint density at radius 1 is 1.04 bits per heavy atom. The molecule has 0 atom stereocenters. The van der Waals surface area contributed by atoms with Crippen LogP contribution in [-0.2, 0) is 13.2 Å². The summed E-state index contributed by atoms with van der Waals surface area (Å²) in [7, 11) is 0. The Labute approximate surface area is 159 Å². The van der Waals surface area contributed by atoms with Crippen LogP contribution in [0.15, 0.2) is 66.9 Å². The summed E-state index contributed by atoms with van der Waals surface area (Å²) in [6, 6.07) is 16.8. The molecule has 6 nitrogen and oxygen atoms in total. The lowest BCUT2D eigenvalue weighted by atomic mass is 10.1. The first-order valence-corrected chi connectivity index (χ1v) is 8.42. The third-order valence-corrected chi connectivity index (χ3v) is 4.04. The molecule has 0 saturated heterocycles. The van der Waals surface area contributed by atoms with Crippen molar-refractivity contribution in [3.8, 4) is 11.3 Å². The Bertz CT molecular complexity index is 942. The molecule has 0 fully saturated rings. The molecule has 0 aliphatic carbocycles. The molecule has 2 aromatic carbocycles. The summed E-state index contributed by atoms with van der Waals surface area (Å²) in [6.45, 7) is -1.59. The van der Waals surface area contributed by atoms with Gasteiger partial charge in [-0.3, -0.25) is 19.7 Å². The Hall–Kier alpha value is -3.20. The number of alkyl halides is 3. The third-order valence-electron chi connectivity index (χ3n) is 4.04. The Morgan fingerprint density at radius 3 is 2.39 bits per heavy atom. The van der Waals surface area contributed by atoms with Crippen LogP contribution < -0.4 is 0 Å². The number of hydrogen-bond donors (Lipinski definition) is 0. The van der Waals surface area contributed by atoms with Gasteiger partial charge in [-0.25, -0.2) is 0 Å². The van der Waals surface area contributed by atoms with Crippen LogP contribution in [0.5, 0.6) is 0 Å². The molecule has 0 spiro atoms. The zero-order valence-electron chi connectivity index (χ0n) is 14.7. The molecular formula is C19H17F3N4O2. The number of aromatic nitrogens is 2. The van der Waals surface area contributed by atoms with E-state index in [1.807, 2.05) is 30.3 Å². The van der Waals surface area contributed by atoms with Gasteiger partial charge in [-0.05, 0) is 6.07 Å². The second-order valence-electron chi connectivity index (χ2n) is 6.24. The Kier molecular flexibility index (Phi) is 5.74. The number of benzene rings is 2. The minimum atomic E-state index is -4.45. The Morgan fingerprint density at radius 2 is 1.71 bits per heavy atom. The Balaban J connectivity index is 1.82. The fourth-order valence-corrected chi connectivity index (χ4v) is 2.88. The fourth-order valence-electron chi connectivity index (χ4n) is 2.88. The molecule has 0 amide bonds. The number of hydrogen-bond acceptors (Lipinski definition) is 4. The van der Waals surface area contributed by atoms with Crippen molar-refractivity contribution in [2.75, 3.05) is 6.54 Å². The highest BCUT2D eigenvalue weighted by Gasteiger charge is 2.31. The maximum atomic E-state index is 13.0. The standard InChI is InChI=1S/C19H17F3N4O2/c20-19(21,22)13-24(12-16-8-4-5-9-18(16)26(27)28)14-25-11-10-17(23-25)15-6-2-1-3-7-15/h1-11H,12-14H2. The molecule has 28 heavy (non-hydrogen) atoms. The number of nitrogens with zero attached hydrogens (tertiary/aromatic N) is 4. The maximum Gasteiger partial charge on any atom is 0.401 e. The molecule has 146 valence electrons. The second-order valence-corrected chi connectivity index (χ2v) is 6.24. The van der Waals surface area contributed by atoms with Crippen LogP contribution in [0, 0.1) is 10.1 Å². The van der Waals surface area contributed by atoms with Crippen molar-refractivity contribution in [3.63, 3.8) is 0 Å². The summed E-state index contributed by atoms with van der Waals surface area (Å²) in [5.41, 5.74) is 1.49. The topological polar surface area (TPSA) is 64.2 Å². The minimum Gasteiger partial charge on any atom is -0.271 e. The summed E-state index contributed by atoms with van der Waals surface area (Å²) in [6.07, 6.45) is -2.86. The molecule has 0 unspecified atom stereocenters. The lowest BCUT2D eigenvalue weighted by molar-refractivity contribution is -0.385. The highest BCUT2D eigenvalue weighted by Crippen LogP contribution is 2.24. The normalized spacial score (nSPS) is 11.7. The smallest absolute Gasteiger partial charge is 0.271 e. The largest absolute Gasteiger partial charge is 0.401 e. The van der Waals surface area contributed by atoms with E-state index in [0.29, 0.717) is 5.69 Å². The highest BCUT2D eigenvalue weighted by molar-refractivity contribution is 5.57. The quantitative estimate of drug-likeness (QED) is 0.441. The number of halogens is 3. The first-order chi connectivity index (χ1) is 13.3. The van der Waals surface area contributed by atoms with E-state index in [1.165, 1.54) is 22.9 Å². The monoisotopic (exact) mass is 390 g/mol. The fraction of sp³-hybridized carbons (Fsp3) is 0.211. The van der Waals surface area contributed by atoms with E-state index < -0.39 is 17.6 Å². The van der Waals surface area contributed by atoms with Crippen molar-refractivity contribution >= 4 is 5.69 Å². The van der Waals surface area contributed by atoms with E-state index in [2.05, 4.69) is 5.10 Å². The van der Waals surface area contributed by atoms with Gasteiger partial charge >= 0.3 is 6.18 Å². The van der Waals surface area contributed by atoms with Crippen LogP contribution in [-0.4, -0.2) is 32.3 Å².